The van der Waals surface area contributed by atoms with Crippen LogP contribution in [0.2, 0.25) is 5.02 Å². The molecule has 2 rings (SSSR count). The van der Waals surface area contributed by atoms with Crippen LogP contribution in [0.25, 0.3) is 0 Å². The monoisotopic (exact) mass is 307 g/mol. The van der Waals surface area contributed by atoms with Crippen LogP contribution < -0.4 is 5.32 Å². The smallest absolute Gasteiger partial charge is 0.391 e. The maximum absolute atomic E-state index is 12.7. The van der Waals surface area contributed by atoms with E-state index >= 15 is 0 Å². The predicted molar refractivity (Wildman–Crippen MR) is 73.0 cm³/mol. The number of hydrogen-bond acceptors (Lipinski definition) is 2. The summed E-state index contributed by atoms with van der Waals surface area (Å²) in [5.41, 5.74) is -0.480. The van der Waals surface area contributed by atoms with Gasteiger partial charge in [-0.25, -0.2) is 0 Å². The zero-order chi connectivity index (χ0) is 14.8. The molecule has 2 nitrogen and oxygen atoms in total. The third kappa shape index (κ3) is 4.03. The molecular weight excluding hydrogens is 291 g/mol. The van der Waals surface area contributed by atoms with Crippen molar-refractivity contribution >= 4 is 17.3 Å². The summed E-state index contributed by atoms with van der Waals surface area (Å²) < 4.78 is 38.2. The van der Waals surface area contributed by atoms with E-state index in [4.69, 9.17) is 11.6 Å². The van der Waals surface area contributed by atoms with Crippen LogP contribution in [0.5, 0.6) is 0 Å². The highest BCUT2D eigenvalue weighted by Crippen LogP contribution is 2.34. The second kappa shape index (κ2) is 6.22. The zero-order valence-corrected chi connectivity index (χ0v) is 11.6. The first-order chi connectivity index (χ1) is 9.36. The van der Waals surface area contributed by atoms with Crippen molar-refractivity contribution in [2.24, 2.45) is 0 Å². The molecule has 0 radical (unpaired) electrons. The van der Waals surface area contributed by atoms with Gasteiger partial charge in [-0.05, 0) is 31.0 Å². The molecule has 0 amide bonds. The number of alkyl halides is 3. The molecular formula is C14H17ClF3NO. The van der Waals surface area contributed by atoms with Crippen LogP contribution in [0.4, 0.5) is 18.9 Å². The van der Waals surface area contributed by atoms with Crippen molar-refractivity contribution in [1.82, 2.24) is 0 Å². The van der Waals surface area contributed by atoms with Gasteiger partial charge in [0.05, 0.1) is 17.7 Å². The predicted octanol–water partition coefficient (Wildman–Crippen LogP) is 4.46. The summed E-state index contributed by atoms with van der Waals surface area (Å²) in [6.07, 6.45) is -0.600. The molecule has 1 aliphatic rings. The lowest BCUT2D eigenvalue weighted by Gasteiger charge is -2.23. The van der Waals surface area contributed by atoms with E-state index in [0.717, 1.165) is 37.8 Å². The van der Waals surface area contributed by atoms with Gasteiger partial charge >= 0.3 is 6.18 Å². The van der Waals surface area contributed by atoms with E-state index in [1.54, 1.807) is 0 Å². The van der Waals surface area contributed by atoms with Crippen LogP contribution in [-0.2, 0) is 6.18 Å². The summed E-state index contributed by atoms with van der Waals surface area (Å²) in [5, 5.41) is 13.0. The molecule has 20 heavy (non-hydrogen) atoms. The lowest BCUT2D eigenvalue weighted by atomic mass is 10.1. The van der Waals surface area contributed by atoms with Gasteiger partial charge in [0.15, 0.2) is 0 Å². The van der Waals surface area contributed by atoms with Crippen LogP contribution in [-0.4, -0.2) is 17.3 Å². The van der Waals surface area contributed by atoms with Gasteiger partial charge in [-0.3, -0.25) is 0 Å². The van der Waals surface area contributed by atoms with Crippen molar-refractivity contribution < 1.29 is 18.3 Å². The van der Waals surface area contributed by atoms with Gasteiger partial charge in [0.25, 0.3) is 0 Å². The summed E-state index contributed by atoms with van der Waals surface area (Å²) in [7, 11) is 0. The van der Waals surface area contributed by atoms with E-state index in [0.29, 0.717) is 12.1 Å². The number of anilines is 1. The Morgan fingerprint density at radius 1 is 1.10 bits per heavy atom. The standard InChI is InChI=1S/C14H17ClF3NO/c15-10-6-9(14(16,17)18)7-11(8-10)19-12-4-2-1-3-5-13(12)20/h6-8,12-13,19-20H,1-5H2. The molecule has 1 aliphatic carbocycles. The topological polar surface area (TPSA) is 32.3 Å². The largest absolute Gasteiger partial charge is 0.416 e. The van der Waals surface area contributed by atoms with Crippen molar-refractivity contribution in [3.63, 3.8) is 0 Å². The third-order valence-corrected chi connectivity index (χ3v) is 3.77. The maximum Gasteiger partial charge on any atom is 0.416 e. The van der Waals surface area contributed by atoms with Gasteiger partial charge in [-0.2, -0.15) is 13.2 Å². The summed E-state index contributed by atoms with van der Waals surface area (Å²) in [6.45, 7) is 0. The number of nitrogens with one attached hydrogen (secondary N) is 1. The lowest BCUT2D eigenvalue weighted by Crippen LogP contribution is -2.32. The van der Waals surface area contributed by atoms with Crippen LogP contribution in [0.1, 0.15) is 37.7 Å². The van der Waals surface area contributed by atoms with Crippen molar-refractivity contribution in [1.29, 1.82) is 0 Å². The molecule has 0 bridgehead atoms. The highest BCUT2D eigenvalue weighted by Gasteiger charge is 2.31. The Labute approximate surface area is 120 Å². The van der Waals surface area contributed by atoms with Crippen LogP contribution in [0.3, 0.4) is 0 Å². The Balaban J connectivity index is 2.18. The molecule has 2 unspecified atom stereocenters. The van der Waals surface area contributed by atoms with Crippen LogP contribution >= 0.6 is 11.6 Å². The minimum Gasteiger partial charge on any atom is -0.391 e. The summed E-state index contributed by atoms with van der Waals surface area (Å²) in [4.78, 5) is 0. The molecule has 2 N–H and O–H groups in total. The van der Waals surface area contributed by atoms with Crippen LogP contribution in [0, 0.1) is 0 Å². The fraction of sp³-hybridized carbons (Fsp3) is 0.571. The number of aliphatic hydroxyl groups is 1. The van der Waals surface area contributed by atoms with E-state index in [2.05, 4.69) is 5.32 Å². The quantitative estimate of drug-likeness (QED) is 0.790. The number of rotatable bonds is 2. The number of halogens is 4. The van der Waals surface area contributed by atoms with Gasteiger partial charge in [0.1, 0.15) is 0 Å². The second-order valence-corrected chi connectivity index (χ2v) is 5.62. The Kier molecular flexibility index (Phi) is 4.81. The van der Waals surface area contributed by atoms with Crippen LogP contribution in [0.15, 0.2) is 18.2 Å². The molecule has 112 valence electrons. The fourth-order valence-corrected chi connectivity index (χ4v) is 2.74. The molecule has 2 atom stereocenters. The molecule has 1 aromatic rings. The summed E-state index contributed by atoms with van der Waals surface area (Å²) in [6, 6.07) is 3.16. The van der Waals surface area contributed by atoms with Crippen molar-refractivity contribution in [2.45, 2.75) is 50.4 Å². The Bertz CT molecular complexity index is 464. The summed E-state index contributed by atoms with van der Waals surface area (Å²) >= 11 is 5.74. The van der Waals surface area contributed by atoms with Crippen molar-refractivity contribution in [2.75, 3.05) is 5.32 Å². The average molecular weight is 308 g/mol. The molecule has 0 heterocycles. The molecule has 0 aromatic heterocycles. The van der Waals surface area contributed by atoms with E-state index in [-0.39, 0.29) is 11.1 Å². The molecule has 0 saturated heterocycles. The SMILES string of the molecule is OC1CCCCCC1Nc1cc(Cl)cc(C(F)(F)F)c1. The molecule has 1 aromatic carbocycles. The average Bonchev–Trinajstić information content (AvgIpc) is 2.53. The first kappa shape index (κ1) is 15.4. The second-order valence-electron chi connectivity index (χ2n) is 5.18. The molecule has 0 spiro atoms. The Morgan fingerprint density at radius 2 is 1.80 bits per heavy atom. The third-order valence-electron chi connectivity index (χ3n) is 3.56. The normalized spacial score (nSPS) is 24.2. The van der Waals surface area contributed by atoms with Crippen molar-refractivity contribution in [3.8, 4) is 0 Å². The zero-order valence-electron chi connectivity index (χ0n) is 10.9. The number of aliphatic hydroxyl groups excluding tert-OH is 1. The van der Waals surface area contributed by atoms with Gasteiger partial charge in [0.2, 0.25) is 0 Å². The van der Waals surface area contributed by atoms with Gasteiger partial charge < -0.3 is 10.4 Å². The lowest BCUT2D eigenvalue weighted by molar-refractivity contribution is -0.137. The minimum absolute atomic E-state index is 0.0328. The van der Waals surface area contributed by atoms with Gasteiger partial charge in [-0.15, -0.1) is 0 Å². The van der Waals surface area contributed by atoms with Gasteiger partial charge in [-0.1, -0.05) is 30.9 Å². The molecule has 6 heteroatoms. The highest BCUT2D eigenvalue weighted by molar-refractivity contribution is 6.30. The maximum atomic E-state index is 12.7. The van der Waals surface area contributed by atoms with E-state index in [1.165, 1.54) is 6.07 Å². The first-order valence-electron chi connectivity index (χ1n) is 6.68. The van der Waals surface area contributed by atoms with Gasteiger partial charge in [0, 0.05) is 10.7 Å². The number of hydrogen-bond donors (Lipinski definition) is 2. The number of benzene rings is 1. The molecule has 1 fully saturated rings. The van der Waals surface area contributed by atoms with Crippen molar-refractivity contribution in [3.05, 3.63) is 28.8 Å². The van der Waals surface area contributed by atoms with E-state index in [9.17, 15) is 18.3 Å². The van der Waals surface area contributed by atoms with E-state index in [1.807, 2.05) is 0 Å². The minimum atomic E-state index is -4.43. The first-order valence-corrected chi connectivity index (χ1v) is 7.06. The molecule has 0 aliphatic heterocycles. The Hall–Kier alpha value is -0.940. The van der Waals surface area contributed by atoms with E-state index < -0.39 is 17.8 Å². The molecule has 1 saturated carbocycles. The summed E-state index contributed by atoms with van der Waals surface area (Å²) in [5.74, 6) is 0. The highest BCUT2D eigenvalue weighted by atomic mass is 35.5. The Morgan fingerprint density at radius 3 is 2.50 bits per heavy atom. The fourth-order valence-electron chi connectivity index (χ4n) is 2.51.